The van der Waals surface area contributed by atoms with E-state index in [0.717, 1.165) is 19.6 Å². The third-order valence-electron chi connectivity index (χ3n) is 2.62. The maximum atomic E-state index is 11.9. The molecule has 0 fully saturated rings. The summed E-state index contributed by atoms with van der Waals surface area (Å²) >= 11 is 0. The Balaban J connectivity index is 3.41. The Morgan fingerprint density at radius 3 is 2.44 bits per heavy atom. The van der Waals surface area contributed by atoms with Gasteiger partial charge in [0.15, 0.2) is 0 Å². The fraction of sp³-hybridized carbons (Fsp3) is 1.00. The minimum absolute atomic E-state index is 0.160. The van der Waals surface area contributed by atoms with Gasteiger partial charge in [0.2, 0.25) is 0 Å². The maximum absolute atomic E-state index is 11.9. The molecule has 0 aliphatic carbocycles. The van der Waals surface area contributed by atoms with Crippen LogP contribution in [0.1, 0.15) is 33.1 Å². The van der Waals surface area contributed by atoms with Crippen molar-refractivity contribution in [2.75, 3.05) is 26.7 Å². The van der Waals surface area contributed by atoms with Crippen molar-refractivity contribution in [1.82, 2.24) is 10.2 Å². The van der Waals surface area contributed by atoms with Gasteiger partial charge in [0.05, 0.1) is 0 Å². The molecule has 0 spiro atoms. The van der Waals surface area contributed by atoms with Crippen LogP contribution in [0.15, 0.2) is 0 Å². The van der Waals surface area contributed by atoms with Gasteiger partial charge in [-0.2, -0.15) is 13.2 Å². The summed E-state index contributed by atoms with van der Waals surface area (Å²) in [5.41, 5.74) is 0. The number of likely N-dealkylation sites (N-methyl/N-ethyl adjacent to an activating group) is 1. The van der Waals surface area contributed by atoms with Crippen molar-refractivity contribution in [2.45, 2.75) is 45.3 Å². The Morgan fingerprint density at radius 1 is 1.31 bits per heavy atom. The molecule has 98 valence electrons. The van der Waals surface area contributed by atoms with E-state index in [-0.39, 0.29) is 12.5 Å². The first-order valence-corrected chi connectivity index (χ1v) is 5.84. The Bertz CT molecular complexity index is 171. The van der Waals surface area contributed by atoms with Crippen LogP contribution in [0, 0.1) is 0 Å². The Labute approximate surface area is 96.2 Å². The highest BCUT2D eigenvalue weighted by Crippen LogP contribution is 2.22. The van der Waals surface area contributed by atoms with E-state index in [2.05, 4.69) is 17.1 Å². The maximum Gasteiger partial charge on any atom is 0.389 e. The number of nitrogens with one attached hydrogen (secondary N) is 1. The first-order chi connectivity index (χ1) is 7.35. The molecule has 0 rings (SSSR count). The summed E-state index contributed by atoms with van der Waals surface area (Å²) in [4.78, 5) is 2.16. The van der Waals surface area contributed by atoms with E-state index in [1.807, 2.05) is 14.0 Å². The van der Waals surface area contributed by atoms with Crippen LogP contribution in [0.3, 0.4) is 0 Å². The van der Waals surface area contributed by atoms with Crippen molar-refractivity contribution in [3.63, 3.8) is 0 Å². The van der Waals surface area contributed by atoms with Gasteiger partial charge in [0, 0.05) is 25.6 Å². The molecule has 0 saturated carbocycles. The molecule has 2 nitrogen and oxygen atoms in total. The molecular formula is C11H23F3N2. The number of hydrogen-bond acceptors (Lipinski definition) is 2. The van der Waals surface area contributed by atoms with Gasteiger partial charge in [-0.25, -0.2) is 0 Å². The number of nitrogens with zero attached hydrogens (tertiary/aromatic N) is 1. The Morgan fingerprint density at radius 2 is 1.94 bits per heavy atom. The predicted octanol–water partition coefficient (Wildman–Crippen LogP) is 2.65. The molecule has 0 radical (unpaired) electrons. The van der Waals surface area contributed by atoms with Gasteiger partial charge in [-0.1, -0.05) is 6.92 Å². The van der Waals surface area contributed by atoms with Gasteiger partial charge in [0.25, 0.3) is 0 Å². The SMILES string of the molecule is CCN(C)CCNC(C)CCCC(F)(F)F. The predicted molar refractivity (Wildman–Crippen MR) is 60.5 cm³/mol. The molecule has 1 N–H and O–H groups in total. The summed E-state index contributed by atoms with van der Waals surface area (Å²) in [7, 11) is 2.02. The molecule has 0 saturated heterocycles. The van der Waals surface area contributed by atoms with E-state index in [0.29, 0.717) is 6.42 Å². The summed E-state index contributed by atoms with van der Waals surface area (Å²) in [6.07, 6.45) is -3.90. The second-order valence-corrected chi connectivity index (χ2v) is 4.26. The van der Waals surface area contributed by atoms with Gasteiger partial charge in [-0.05, 0) is 33.4 Å². The van der Waals surface area contributed by atoms with Gasteiger partial charge in [-0.3, -0.25) is 0 Å². The van der Waals surface area contributed by atoms with Crippen LogP contribution in [0.5, 0.6) is 0 Å². The molecule has 1 atom stereocenters. The van der Waals surface area contributed by atoms with Crippen molar-refractivity contribution in [2.24, 2.45) is 0 Å². The van der Waals surface area contributed by atoms with Crippen molar-refractivity contribution in [1.29, 1.82) is 0 Å². The highest BCUT2D eigenvalue weighted by atomic mass is 19.4. The van der Waals surface area contributed by atoms with Crippen molar-refractivity contribution < 1.29 is 13.2 Å². The minimum Gasteiger partial charge on any atom is -0.313 e. The summed E-state index contributed by atoms with van der Waals surface area (Å²) in [5, 5.41) is 3.23. The van der Waals surface area contributed by atoms with Crippen molar-refractivity contribution in [3.05, 3.63) is 0 Å². The smallest absolute Gasteiger partial charge is 0.313 e. The van der Waals surface area contributed by atoms with Gasteiger partial charge in [-0.15, -0.1) is 0 Å². The lowest BCUT2D eigenvalue weighted by atomic mass is 10.1. The molecule has 0 aromatic rings. The highest BCUT2D eigenvalue weighted by molar-refractivity contribution is 4.63. The zero-order chi connectivity index (χ0) is 12.6. The Hall–Kier alpha value is -0.290. The average Bonchev–Trinajstić information content (AvgIpc) is 2.15. The fourth-order valence-electron chi connectivity index (χ4n) is 1.37. The van der Waals surface area contributed by atoms with Gasteiger partial charge >= 0.3 is 6.18 Å². The van der Waals surface area contributed by atoms with E-state index >= 15 is 0 Å². The number of hydrogen-bond donors (Lipinski definition) is 1. The lowest BCUT2D eigenvalue weighted by Crippen LogP contribution is -2.34. The van der Waals surface area contributed by atoms with Crippen molar-refractivity contribution >= 4 is 0 Å². The second kappa shape index (κ2) is 7.90. The van der Waals surface area contributed by atoms with Crippen LogP contribution >= 0.6 is 0 Å². The third-order valence-corrected chi connectivity index (χ3v) is 2.62. The van der Waals surface area contributed by atoms with Crippen LogP contribution in [-0.4, -0.2) is 43.8 Å². The minimum atomic E-state index is -4.01. The quantitative estimate of drug-likeness (QED) is 0.701. The number of halogens is 3. The summed E-state index contributed by atoms with van der Waals surface area (Å²) in [5.74, 6) is 0. The van der Waals surface area contributed by atoms with E-state index in [1.54, 1.807) is 0 Å². The monoisotopic (exact) mass is 240 g/mol. The normalized spacial score (nSPS) is 14.4. The first-order valence-electron chi connectivity index (χ1n) is 5.84. The molecule has 5 heteroatoms. The van der Waals surface area contributed by atoms with Crippen LogP contribution in [-0.2, 0) is 0 Å². The largest absolute Gasteiger partial charge is 0.389 e. The third kappa shape index (κ3) is 10.2. The second-order valence-electron chi connectivity index (χ2n) is 4.26. The van der Waals surface area contributed by atoms with Gasteiger partial charge in [0.1, 0.15) is 0 Å². The average molecular weight is 240 g/mol. The topological polar surface area (TPSA) is 15.3 Å². The van der Waals surface area contributed by atoms with Gasteiger partial charge < -0.3 is 10.2 Å². The van der Waals surface area contributed by atoms with Crippen LogP contribution in [0.2, 0.25) is 0 Å². The molecule has 16 heavy (non-hydrogen) atoms. The molecule has 0 amide bonds. The zero-order valence-corrected chi connectivity index (χ0v) is 10.4. The van der Waals surface area contributed by atoms with E-state index in [4.69, 9.17) is 0 Å². The number of rotatable bonds is 8. The zero-order valence-electron chi connectivity index (χ0n) is 10.4. The lowest BCUT2D eigenvalue weighted by Gasteiger charge is -2.18. The standard InChI is InChI=1S/C11H23F3N2/c1-4-16(3)9-8-15-10(2)6-5-7-11(12,13)14/h10,15H,4-9H2,1-3H3. The summed E-state index contributed by atoms with van der Waals surface area (Å²) < 4.78 is 35.6. The molecule has 0 bridgehead atoms. The summed E-state index contributed by atoms with van der Waals surface area (Å²) in [6.45, 7) is 6.76. The van der Waals surface area contributed by atoms with Crippen molar-refractivity contribution in [3.8, 4) is 0 Å². The molecule has 0 aromatic carbocycles. The van der Waals surface area contributed by atoms with E-state index in [1.165, 1.54) is 0 Å². The van der Waals surface area contributed by atoms with Crippen LogP contribution in [0.25, 0.3) is 0 Å². The molecular weight excluding hydrogens is 217 g/mol. The summed E-state index contributed by atoms with van der Waals surface area (Å²) in [6, 6.07) is 0.160. The number of alkyl halides is 3. The molecule has 1 unspecified atom stereocenters. The molecule has 0 heterocycles. The first kappa shape index (κ1) is 15.7. The molecule has 0 aliphatic rings. The van der Waals surface area contributed by atoms with Crippen LogP contribution < -0.4 is 5.32 Å². The van der Waals surface area contributed by atoms with Crippen LogP contribution in [0.4, 0.5) is 13.2 Å². The lowest BCUT2D eigenvalue weighted by molar-refractivity contribution is -0.135. The Kier molecular flexibility index (Phi) is 7.76. The van der Waals surface area contributed by atoms with E-state index < -0.39 is 12.6 Å². The molecule has 0 aliphatic heterocycles. The fourth-order valence-corrected chi connectivity index (χ4v) is 1.37. The van der Waals surface area contributed by atoms with E-state index in [9.17, 15) is 13.2 Å². The molecule has 0 aromatic heterocycles. The highest BCUT2D eigenvalue weighted by Gasteiger charge is 2.26.